The van der Waals surface area contributed by atoms with Crippen LogP contribution in [0, 0.1) is 17.8 Å². The fraction of sp³-hybridized carbons (Fsp3) is 1.00. The average molecular weight is 238 g/mol. The van der Waals surface area contributed by atoms with Crippen molar-refractivity contribution in [3.05, 3.63) is 0 Å². The van der Waals surface area contributed by atoms with Gasteiger partial charge in [-0.3, -0.25) is 0 Å². The molecule has 0 spiro atoms. The van der Waals surface area contributed by atoms with E-state index in [0.29, 0.717) is 6.04 Å². The molecule has 1 N–H and O–H groups in total. The Morgan fingerprint density at radius 3 is 2.59 bits per heavy atom. The van der Waals surface area contributed by atoms with Gasteiger partial charge in [0.15, 0.2) is 0 Å². The largest absolute Gasteiger partial charge is 0.314 e. The summed E-state index contributed by atoms with van der Waals surface area (Å²) in [6, 6.07) is 0.697. The quantitative estimate of drug-likeness (QED) is 0.796. The maximum Gasteiger partial charge on any atom is 0.00510 e. The Morgan fingerprint density at radius 1 is 1.06 bits per heavy atom. The summed E-state index contributed by atoms with van der Waals surface area (Å²) in [5.41, 5.74) is 0. The SMILES string of the molecule is CC1CCC(CN2CCC(C)NCC(C)C2)C1. The lowest BCUT2D eigenvalue weighted by molar-refractivity contribution is 0.175. The van der Waals surface area contributed by atoms with Gasteiger partial charge < -0.3 is 10.2 Å². The molecular weight excluding hydrogens is 208 g/mol. The highest BCUT2D eigenvalue weighted by Gasteiger charge is 2.25. The van der Waals surface area contributed by atoms with Crippen molar-refractivity contribution < 1.29 is 0 Å². The Balaban J connectivity index is 1.81. The zero-order valence-electron chi connectivity index (χ0n) is 11.9. The van der Waals surface area contributed by atoms with E-state index in [1.54, 1.807) is 0 Å². The molecule has 2 aliphatic rings. The predicted molar refractivity (Wildman–Crippen MR) is 74.2 cm³/mol. The van der Waals surface area contributed by atoms with Crippen molar-refractivity contribution in [1.82, 2.24) is 10.2 Å². The van der Waals surface area contributed by atoms with Crippen molar-refractivity contribution in [1.29, 1.82) is 0 Å². The van der Waals surface area contributed by atoms with E-state index >= 15 is 0 Å². The van der Waals surface area contributed by atoms with Crippen molar-refractivity contribution in [2.24, 2.45) is 17.8 Å². The fourth-order valence-electron chi connectivity index (χ4n) is 3.50. The summed E-state index contributed by atoms with van der Waals surface area (Å²) in [5.74, 6) is 2.77. The highest BCUT2D eigenvalue weighted by atomic mass is 15.1. The van der Waals surface area contributed by atoms with Crippen LogP contribution >= 0.6 is 0 Å². The second-order valence-corrected chi connectivity index (χ2v) is 6.75. The first-order valence-electron chi connectivity index (χ1n) is 7.59. The van der Waals surface area contributed by atoms with Gasteiger partial charge in [-0.05, 0) is 57.0 Å². The topological polar surface area (TPSA) is 15.3 Å². The van der Waals surface area contributed by atoms with E-state index in [4.69, 9.17) is 0 Å². The fourth-order valence-corrected chi connectivity index (χ4v) is 3.50. The first-order valence-corrected chi connectivity index (χ1v) is 7.59. The highest BCUT2D eigenvalue weighted by molar-refractivity contribution is 4.79. The van der Waals surface area contributed by atoms with Crippen LogP contribution in [0.5, 0.6) is 0 Å². The van der Waals surface area contributed by atoms with Crippen LogP contribution in [-0.2, 0) is 0 Å². The summed E-state index contributed by atoms with van der Waals surface area (Å²) in [7, 11) is 0. The van der Waals surface area contributed by atoms with Crippen molar-refractivity contribution >= 4 is 0 Å². The molecule has 2 rings (SSSR count). The van der Waals surface area contributed by atoms with Crippen LogP contribution in [0.3, 0.4) is 0 Å². The van der Waals surface area contributed by atoms with Gasteiger partial charge in [0.1, 0.15) is 0 Å². The number of hydrogen-bond acceptors (Lipinski definition) is 2. The molecule has 2 nitrogen and oxygen atoms in total. The first kappa shape index (κ1) is 13.4. The third-order valence-electron chi connectivity index (χ3n) is 4.58. The number of nitrogens with one attached hydrogen (secondary N) is 1. The van der Waals surface area contributed by atoms with Crippen molar-refractivity contribution in [3.8, 4) is 0 Å². The molecule has 4 atom stereocenters. The lowest BCUT2D eigenvalue weighted by atomic mass is 10.0. The van der Waals surface area contributed by atoms with Gasteiger partial charge in [0, 0.05) is 19.1 Å². The van der Waals surface area contributed by atoms with Crippen LogP contribution in [0.15, 0.2) is 0 Å². The Morgan fingerprint density at radius 2 is 1.88 bits per heavy atom. The molecule has 0 aromatic heterocycles. The Hall–Kier alpha value is -0.0800. The van der Waals surface area contributed by atoms with Crippen LogP contribution in [0.25, 0.3) is 0 Å². The maximum atomic E-state index is 3.63. The molecule has 2 fully saturated rings. The molecule has 1 aliphatic heterocycles. The summed E-state index contributed by atoms with van der Waals surface area (Å²) in [6.45, 7) is 12.3. The molecule has 100 valence electrons. The van der Waals surface area contributed by atoms with E-state index in [1.165, 1.54) is 51.9 Å². The lowest BCUT2D eigenvalue weighted by Gasteiger charge is -2.32. The van der Waals surface area contributed by atoms with E-state index in [2.05, 4.69) is 31.0 Å². The minimum absolute atomic E-state index is 0.697. The maximum absolute atomic E-state index is 3.63. The van der Waals surface area contributed by atoms with E-state index < -0.39 is 0 Å². The Labute approximate surface area is 107 Å². The molecule has 0 amide bonds. The molecule has 1 aliphatic carbocycles. The van der Waals surface area contributed by atoms with Gasteiger partial charge in [0.2, 0.25) is 0 Å². The average Bonchev–Trinajstić information content (AvgIpc) is 2.67. The van der Waals surface area contributed by atoms with Crippen LogP contribution in [-0.4, -0.2) is 37.1 Å². The van der Waals surface area contributed by atoms with Crippen molar-refractivity contribution in [3.63, 3.8) is 0 Å². The Bertz CT molecular complexity index is 229. The van der Waals surface area contributed by atoms with Gasteiger partial charge >= 0.3 is 0 Å². The molecule has 0 radical (unpaired) electrons. The van der Waals surface area contributed by atoms with Crippen LogP contribution in [0.2, 0.25) is 0 Å². The summed E-state index contributed by atoms with van der Waals surface area (Å²) < 4.78 is 0. The zero-order chi connectivity index (χ0) is 12.3. The monoisotopic (exact) mass is 238 g/mol. The van der Waals surface area contributed by atoms with Crippen LogP contribution in [0.4, 0.5) is 0 Å². The van der Waals surface area contributed by atoms with Crippen LogP contribution < -0.4 is 5.32 Å². The molecule has 4 unspecified atom stereocenters. The summed E-state index contributed by atoms with van der Waals surface area (Å²) in [6.07, 6.45) is 5.72. The molecule has 0 aromatic carbocycles. The minimum Gasteiger partial charge on any atom is -0.314 e. The second-order valence-electron chi connectivity index (χ2n) is 6.75. The molecular formula is C15H30N2. The molecule has 2 heteroatoms. The van der Waals surface area contributed by atoms with Gasteiger partial charge in [-0.1, -0.05) is 20.3 Å². The number of nitrogens with zero attached hydrogens (tertiary/aromatic N) is 1. The summed E-state index contributed by atoms with van der Waals surface area (Å²) in [4.78, 5) is 2.74. The Kier molecular flexibility index (Phi) is 4.87. The molecule has 0 aromatic rings. The number of hydrogen-bond donors (Lipinski definition) is 1. The normalized spacial score (nSPS) is 41.1. The smallest absolute Gasteiger partial charge is 0.00510 e. The lowest BCUT2D eigenvalue weighted by Crippen LogP contribution is -2.43. The molecule has 1 saturated carbocycles. The van der Waals surface area contributed by atoms with E-state index in [-0.39, 0.29) is 0 Å². The van der Waals surface area contributed by atoms with Gasteiger partial charge in [-0.15, -0.1) is 0 Å². The molecule has 1 heterocycles. The molecule has 0 bridgehead atoms. The summed E-state index contributed by atoms with van der Waals surface area (Å²) in [5, 5.41) is 3.63. The third kappa shape index (κ3) is 4.26. The van der Waals surface area contributed by atoms with Crippen molar-refractivity contribution in [2.75, 3.05) is 26.2 Å². The van der Waals surface area contributed by atoms with Crippen molar-refractivity contribution in [2.45, 2.75) is 52.5 Å². The van der Waals surface area contributed by atoms with E-state index in [1.807, 2.05) is 0 Å². The number of rotatable bonds is 2. The standard InChI is InChI=1S/C15H30N2/c1-12-4-5-15(8-12)11-17-7-6-14(3)16-9-13(2)10-17/h12-16H,4-11H2,1-3H3. The zero-order valence-corrected chi connectivity index (χ0v) is 11.9. The molecule has 1 saturated heterocycles. The minimum atomic E-state index is 0.697. The highest BCUT2D eigenvalue weighted by Crippen LogP contribution is 2.31. The summed E-state index contributed by atoms with van der Waals surface area (Å²) >= 11 is 0. The van der Waals surface area contributed by atoms with E-state index in [0.717, 1.165) is 17.8 Å². The van der Waals surface area contributed by atoms with Gasteiger partial charge in [-0.2, -0.15) is 0 Å². The van der Waals surface area contributed by atoms with Gasteiger partial charge in [0.05, 0.1) is 0 Å². The van der Waals surface area contributed by atoms with Gasteiger partial charge in [-0.25, -0.2) is 0 Å². The predicted octanol–water partition coefficient (Wildman–Crippen LogP) is 2.74. The van der Waals surface area contributed by atoms with Gasteiger partial charge in [0.25, 0.3) is 0 Å². The second kappa shape index (κ2) is 6.19. The third-order valence-corrected chi connectivity index (χ3v) is 4.58. The van der Waals surface area contributed by atoms with E-state index in [9.17, 15) is 0 Å². The first-order chi connectivity index (χ1) is 8.13. The molecule has 17 heavy (non-hydrogen) atoms. The van der Waals surface area contributed by atoms with Crippen LogP contribution in [0.1, 0.15) is 46.5 Å².